The number of nitrogens with zero attached hydrogens (tertiary/aromatic N) is 1. The number of esters is 1. The van der Waals surface area contributed by atoms with Crippen LogP contribution in [0.5, 0.6) is 11.6 Å². The zero-order chi connectivity index (χ0) is 25.9. The number of hydrogen-bond donors (Lipinski definition) is 1. The van der Waals surface area contributed by atoms with Gasteiger partial charge in [-0.3, -0.25) is 14.6 Å². The van der Waals surface area contributed by atoms with Crippen molar-refractivity contribution in [3.05, 3.63) is 51.8 Å². The Balaban J connectivity index is 2.02. The molecule has 1 amide bonds. The number of carbonyl (C=O) groups is 2. The molecule has 190 valence electrons. The molecule has 1 aromatic heterocycles. The Labute approximate surface area is 201 Å². The lowest BCUT2D eigenvalue weighted by Crippen LogP contribution is -2.43. The highest BCUT2D eigenvalue weighted by atomic mass is 19.4. The average Bonchev–Trinajstić information content (AvgIpc) is 2.79. The molecule has 0 bridgehead atoms. The molecule has 1 heterocycles. The Bertz CT molecular complexity index is 1130. The molecule has 0 atom stereocenters. The summed E-state index contributed by atoms with van der Waals surface area (Å²) in [5.41, 5.74) is -1.72. The van der Waals surface area contributed by atoms with Crippen LogP contribution in [0, 0.1) is 11.8 Å². The number of benzene rings is 1. The number of ether oxygens (including phenoxy) is 2. The van der Waals surface area contributed by atoms with Crippen LogP contribution in [-0.4, -0.2) is 30.0 Å². The smallest absolute Gasteiger partial charge is 0.421 e. The first-order valence-corrected chi connectivity index (χ1v) is 11.5. The van der Waals surface area contributed by atoms with Crippen molar-refractivity contribution in [2.24, 2.45) is 11.8 Å². The number of rotatable bonds is 6. The van der Waals surface area contributed by atoms with E-state index in [1.807, 2.05) is 18.8 Å². The maximum Gasteiger partial charge on any atom is 0.421 e. The van der Waals surface area contributed by atoms with Crippen molar-refractivity contribution in [1.82, 2.24) is 4.98 Å². The fraction of sp³-hybridized carbons (Fsp3) is 0.480. The van der Waals surface area contributed by atoms with E-state index in [9.17, 15) is 27.6 Å². The predicted molar refractivity (Wildman–Crippen MR) is 124 cm³/mol. The van der Waals surface area contributed by atoms with E-state index in [2.05, 4.69) is 6.92 Å². The summed E-state index contributed by atoms with van der Waals surface area (Å²) in [7, 11) is 1.17. The Morgan fingerprint density at radius 1 is 1.09 bits per heavy atom. The molecule has 10 heteroatoms. The molecule has 0 radical (unpaired) electrons. The molecule has 35 heavy (non-hydrogen) atoms. The zero-order valence-corrected chi connectivity index (χ0v) is 20.1. The second kappa shape index (κ2) is 10.5. The van der Waals surface area contributed by atoms with Gasteiger partial charge in [0.25, 0.3) is 5.56 Å². The van der Waals surface area contributed by atoms with E-state index in [1.165, 1.54) is 30.2 Å². The fourth-order valence-electron chi connectivity index (χ4n) is 4.29. The Morgan fingerprint density at radius 3 is 2.31 bits per heavy atom. The topological polar surface area (TPSA) is 88.7 Å². The van der Waals surface area contributed by atoms with Crippen molar-refractivity contribution in [3.8, 4) is 11.6 Å². The molecule has 0 spiro atoms. The van der Waals surface area contributed by atoms with Crippen molar-refractivity contribution in [2.75, 3.05) is 12.0 Å². The molecule has 1 saturated carbocycles. The highest BCUT2D eigenvalue weighted by Crippen LogP contribution is 2.38. The van der Waals surface area contributed by atoms with Gasteiger partial charge in [0.2, 0.25) is 11.8 Å². The van der Waals surface area contributed by atoms with Crippen molar-refractivity contribution >= 4 is 17.6 Å². The number of methoxy groups -OCH3 is 1. The fourth-order valence-corrected chi connectivity index (χ4v) is 4.29. The Hall–Kier alpha value is -3.30. The van der Waals surface area contributed by atoms with Gasteiger partial charge >= 0.3 is 12.1 Å². The molecule has 7 nitrogen and oxygen atoms in total. The second-order valence-corrected chi connectivity index (χ2v) is 9.09. The van der Waals surface area contributed by atoms with Crippen LogP contribution < -0.4 is 15.2 Å². The number of nitrogens with one attached hydrogen (secondary N) is 1. The predicted octanol–water partition coefficient (Wildman–Crippen LogP) is 5.54. The van der Waals surface area contributed by atoms with Gasteiger partial charge in [0.15, 0.2) is 0 Å². The molecule has 1 aliphatic rings. The van der Waals surface area contributed by atoms with Gasteiger partial charge in [0, 0.05) is 18.0 Å². The average molecular weight is 495 g/mol. The number of halogens is 3. The highest BCUT2D eigenvalue weighted by molar-refractivity contribution is 6.04. The molecule has 1 aromatic carbocycles. The zero-order valence-electron chi connectivity index (χ0n) is 20.1. The molecule has 1 aliphatic carbocycles. The van der Waals surface area contributed by atoms with Crippen LogP contribution in [-0.2, 0) is 15.7 Å². The number of aromatic nitrogens is 1. The standard InChI is InChI=1S/C25H29F3N2O5/c1-14(2)30(23(32)16-7-5-15(3)6-8-16)20-11-9-17(13-18(20)24(33)34-4)35-22-19(25(26,27)28)10-12-21(31)29-22/h9-16H,5-8H2,1-4H3,(H,29,31). The lowest BCUT2D eigenvalue weighted by atomic mass is 9.82. The van der Waals surface area contributed by atoms with Crippen LogP contribution in [0.4, 0.5) is 18.9 Å². The minimum atomic E-state index is -4.77. The first-order chi connectivity index (χ1) is 16.4. The number of amides is 1. The first-order valence-electron chi connectivity index (χ1n) is 11.5. The molecule has 3 rings (SSSR count). The Morgan fingerprint density at radius 2 is 1.74 bits per heavy atom. The number of carbonyl (C=O) groups excluding carboxylic acids is 2. The van der Waals surface area contributed by atoms with Crippen LogP contribution in [0.25, 0.3) is 0 Å². The van der Waals surface area contributed by atoms with Gasteiger partial charge in [-0.25, -0.2) is 4.79 Å². The monoisotopic (exact) mass is 494 g/mol. The molecule has 0 saturated heterocycles. The van der Waals surface area contributed by atoms with E-state index >= 15 is 0 Å². The first kappa shape index (κ1) is 26.3. The summed E-state index contributed by atoms with van der Waals surface area (Å²) in [4.78, 5) is 41.3. The third-order valence-corrected chi connectivity index (χ3v) is 6.16. The van der Waals surface area contributed by atoms with E-state index in [1.54, 1.807) is 0 Å². The van der Waals surface area contributed by atoms with Gasteiger partial charge in [-0.15, -0.1) is 0 Å². The summed E-state index contributed by atoms with van der Waals surface area (Å²) >= 11 is 0. The number of alkyl halides is 3. The van der Waals surface area contributed by atoms with E-state index in [0.717, 1.165) is 31.7 Å². The number of aromatic amines is 1. The SMILES string of the molecule is COC(=O)c1cc(Oc2[nH]c(=O)ccc2C(F)(F)F)ccc1N(C(=O)C1CCC(C)CC1)C(C)C. The molecular formula is C25H29F3N2O5. The number of anilines is 1. The number of pyridine rings is 1. The largest absolute Gasteiger partial charge is 0.465 e. The number of H-pyrrole nitrogens is 1. The van der Waals surface area contributed by atoms with Crippen LogP contribution in [0.15, 0.2) is 35.1 Å². The quantitative estimate of drug-likeness (QED) is 0.533. The second-order valence-electron chi connectivity index (χ2n) is 9.09. The van der Waals surface area contributed by atoms with Crippen LogP contribution in [0.1, 0.15) is 62.4 Å². The van der Waals surface area contributed by atoms with Crippen molar-refractivity contribution in [1.29, 1.82) is 0 Å². The molecule has 1 fully saturated rings. The molecule has 0 aliphatic heterocycles. The van der Waals surface area contributed by atoms with Gasteiger partial charge in [-0.05, 0) is 69.7 Å². The van der Waals surface area contributed by atoms with Crippen molar-refractivity contribution in [3.63, 3.8) is 0 Å². The van der Waals surface area contributed by atoms with E-state index in [-0.39, 0.29) is 34.9 Å². The van der Waals surface area contributed by atoms with Gasteiger partial charge in [0.05, 0.1) is 18.4 Å². The minimum absolute atomic E-state index is 0.0388. The van der Waals surface area contributed by atoms with E-state index < -0.39 is 29.1 Å². The summed E-state index contributed by atoms with van der Waals surface area (Å²) in [5, 5.41) is 0. The van der Waals surface area contributed by atoms with E-state index in [0.29, 0.717) is 12.0 Å². The van der Waals surface area contributed by atoms with Crippen LogP contribution >= 0.6 is 0 Å². The van der Waals surface area contributed by atoms with Crippen LogP contribution in [0.3, 0.4) is 0 Å². The van der Waals surface area contributed by atoms with Gasteiger partial charge in [-0.2, -0.15) is 13.2 Å². The van der Waals surface area contributed by atoms with Crippen molar-refractivity contribution in [2.45, 2.75) is 58.7 Å². The maximum atomic E-state index is 13.5. The summed E-state index contributed by atoms with van der Waals surface area (Å²) in [6.07, 6.45) is -1.40. The summed E-state index contributed by atoms with van der Waals surface area (Å²) in [5.74, 6) is -1.46. The van der Waals surface area contributed by atoms with Gasteiger partial charge in [-0.1, -0.05) is 6.92 Å². The summed E-state index contributed by atoms with van der Waals surface area (Å²) < 4.78 is 50.3. The summed E-state index contributed by atoms with van der Waals surface area (Å²) in [6, 6.07) is 5.07. The van der Waals surface area contributed by atoms with Crippen LogP contribution in [0.2, 0.25) is 0 Å². The highest BCUT2D eigenvalue weighted by Gasteiger charge is 2.36. The molecule has 2 aromatic rings. The molecular weight excluding hydrogens is 465 g/mol. The van der Waals surface area contributed by atoms with Crippen molar-refractivity contribution < 1.29 is 32.2 Å². The van der Waals surface area contributed by atoms with E-state index in [4.69, 9.17) is 9.47 Å². The number of hydrogen-bond acceptors (Lipinski definition) is 5. The summed E-state index contributed by atoms with van der Waals surface area (Å²) in [6.45, 7) is 5.79. The minimum Gasteiger partial charge on any atom is -0.465 e. The Kier molecular flexibility index (Phi) is 7.92. The van der Waals surface area contributed by atoms with Gasteiger partial charge < -0.3 is 14.4 Å². The molecule has 0 unspecified atom stereocenters. The van der Waals surface area contributed by atoms with Gasteiger partial charge in [0.1, 0.15) is 11.3 Å². The third kappa shape index (κ3) is 6.04. The lowest BCUT2D eigenvalue weighted by Gasteiger charge is -2.34. The maximum absolute atomic E-state index is 13.5. The molecule has 1 N–H and O–H groups in total. The normalized spacial score (nSPS) is 18.3. The lowest BCUT2D eigenvalue weighted by molar-refractivity contribution is -0.139. The third-order valence-electron chi connectivity index (χ3n) is 6.16.